The number of carbonyl (C=O) groups excluding carboxylic acids is 1. The monoisotopic (exact) mass is 347 g/mol. The molecule has 1 saturated heterocycles. The van der Waals surface area contributed by atoms with Crippen LogP contribution in [-0.4, -0.2) is 36.4 Å². The fourth-order valence-corrected chi connectivity index (χ4v) is 3.38. The Bertz CT molecular complexity index is 697. The number of anilines is 3. The van der Waals surface area contributed by atoms with Crippen LogP contribution in [0.5, 0.6) is 5.75 Å². The van der Waals surface area contributed by atoms with Crippen molar-refractivity contribution in [1.29, 1.82) is 0 Å². The van der Waals surface area contributed by atoms with Gasteiger partial charge in [0.2, 0.25) is 10.3 Å². The van der Waals surface area contributed by atoms with Crippen LogP contribution >= 0.6 is 11.3 Å². The number of nitrogens with zero attached hydrogens (tertiary/aromatic N) is 3. The van der Waals surface area contributed by atoms with Crippen LogP contribution in [0.15, 0.2) is 24.3 Å². The van der Waals surface area contributed by atoms with Crippen LogP contribution in [0.2, 0.25) is 0 Å². The molecule has 0 radical (unpaired) electrons. The number of benzene rings is 1. The van der Waals surface area contributed by atoms with Gasteiger partial charge < -0.3 is 15.0 Å². The first kappa shape index (κ1) is 16.5. The van der Waals surface area contributed by atoms with Gasteiger partial charge in [-0.15, -0.1) is 10.2 Å². The van der Waals surface area contributed by atoms with Crippen molar-refractivity contribution >= 4 is 33.3 Å². The summed E-state index contributed by atoms with van der Waals surface area (Å²) in [5.41, 5.74) is 0.604. The van der Waals surface area contributed by atoms with Crippen LogP contribution in [0.4, 0.5) is 20.7 Å². The van der Waals surface area contributed by atoms with Gasteiger partial charge >= 0.3 is 6.03 Å². The van der Waals surface area contributed by atoms with Gasteiger partial charge in [-0.2, -0.15) is 0 Å². The third-order valence-electron chi connectivity index (χ3n) is 4.04. The van der Waals surface area contributed by atoms with Crippen molar-refractivity contribution in [3.05, 3.63) is 24.3 Å². The number of hydrogen-bond donors (Lipinski definition) is 2. The molecule has 8 heteroatoms. The number of hydrogen-bond acceptors (Lipinski definition) is 6. The molecule has 7 nitrogen and oxygen atoms in total. The van der Waals surface area contributed by atoms with Crippen molar-refractivity contribution in [2.45, 2.75) is 19.8 Å². The van der Waals surface area contributed by atoms with Gasteiger partial charge in [0.25, 0.3) is 0 Å². The first-order valence-corrected chi connectivity index (χ1v) is 8.77. The van der Waals surface area contributed by atoms with Crippen LogP contribution in [0, 0.1) is 5.92 Å². The highest BCUT2D eigenvalue weighted by Gasteiger charge is 2.19. The summed E-state index contributed by atoms with van der Waals surface area (Å²) in [6.45, 7) is 4.25. The van der Waals surface area contributed by atoms with Crippen LogP contribution in [0.3, 0.4) is 0 Å². The van der Waals surface area contributed by atoms with Crippen molar-refractivity contribution in [3.63, 3.8) is 0 Å². The van der Waals surface area contributed by atoms with Gasteiger partial charge in [0.15, 0.2) is 0 Å². The number of carbonyl (C=O) groups is 1. The lowest BCUT2D eigenvalue weighted by Crippen LogP contribution is -2.32. The van der Waals surface area contributed by atoms with E-state index in [0.717, 1.165) is 37.0 Å². The average molecular weight is 347 g/mol. The summed E-state index contributed by atoms with van der Waals surface area (Å²) in [6.07, 6.45) is 2.33. The smallest absolute Gasteiger partial charge is 0.325 e. The van der Waals surface area contributed by atoms with Gasteiger partial charge in [0, 0.05) is 13.1 Å². The zero-order valence-electron chi connectivity index (χ0n) is 13.8. The molecule has 24 heavy (non-hydrogen) atoms. The number of amides is 2. The minimum atomic E-state index is -0.366. The topological polar surface area (TPSA) is 79.4 Å². The molecule has 2 aromatic rings. The summed E-state index contributed by atoms with van der Waals surface area (Å²) in [7, 11) is 1.56. The van der Waals surface area contributed by atoms with Crippen LogP contribution < -0.4 is 20.3 Å². The molecule has 0 spiro atoms. The third-order valence-corrected chi connectivity index (χ3v) is 4.94. The molecule has 0 aliphatic carbocycles. The van der Waals surface area contributed by atoms with E-state index in [2.05, 4.69) is 32.7 Å². The number of rotatable bonds is 4. The second-order valence-electron chi connectivity index (χ2n) is 5.84. The Labute approximate surface area is 145 Å². The highest BCUT2D eigenvalue weighted by atomic mass is 32.1. The lowest BCUT2D eigenvalue weighted by Gasteiger charge is -2.29. The van der Waals surface area contributed by atoms with E-state index in [-0.39, 0.29) is 6.03 Å². The molecule has 3 rings (SSSR count). The molecule has 1 fully saturated rings. The van der Waals surface area contributed by atoms with Crippen LogP contribution in [0.25, 0.3) is 0 Å². The Morgan fingerprint density at radius 2 is 2.00 bits per heavy atom. The molecule has 2 heterocycles. The van der Waals surface area contributed by atoms with Gasteiger partial charge in [-0.25, -0.2) is 4.79 Å². The second kappa shape index (κ2) is 7.48. The normalized spacial score (nSPS) is 15.2. The Hall–Kier alpha value is -2.35. The summed E-state index contributed by atoms with van der Waals surface area (Å²) < 4.78 is 5.21. The molecule has 1 aliphatic rings. The maximum absolute atomic E-state index is 12.1. The molecule has 128 valence electrons. The highest BCUT2D eigenvalue weighted by molar-refractivity contribution is 7.19. The average Bonchev–Trinajstić information content (AvgIpc) is 3.04. The van der Waals surface area contributed by atoms with E-state index in [1.54, 1.807) is 19.2 Å². The molecule has 0 unspecified atom stereocenters. The number of methoxy groups -OCH3 is 1. The van der Waals surface area contributed by atoms with Crippen LogP contribution in [0.1, 0.15) is 19.8 Å². The predicted octanol–water partition coefficient (Wildman–Crippen LogP) is 3.43. The van der Waals surface area contributed by atoms with Gasteiger partial charge in [-0.05, 0) is 30.9 Å². The van der Waals surface area contributed by atoms with E-state index in [4.69, 9.17) is 4.74 Å². The number of ether oxygens (including phenoxy) is 1. The number of para-hydroxylation sites is 2. The lowest BCUT2D eigenvalue weighted by molar-refractivity contribution is 0.262. The second-order valence-corrected chi connectivity index (χ2v) is 6.79. The molecular formula is C16H21N5O2S. The molecule has 1 aliphatic heterocycles. The molecular weight excluding hydrogens is 326 g/mol. The number of piperidine rings is 1. The van der Waals surface area contributed by atoms with Gasteiger partial charge in [0.1, 0.15) is 5.75 Å². The van der Waals surface area contributed by atoms with Crippen molar-refractivity contribution in [3.8, 4) is 5.75 Å². The summed E-state index contributed by atoms with van der Waals surface area (Å²) in [5.74, 6) is 1.37. The Kier molecular flexibility index (Phi) is 5.14. The minimum Gasteiger partial charge on any atom is -0.495 e. The van der Waals surface area contributed by atoms with E-state index < -0.39 is 0 Å². The van der Waals surface area contributed by atoms with Crippen LogP contribution in [-0.2, 0) is 0 Å². The fourth-order valence-electron chi connectivity index (χ4n) is 2.59. The number of nitrogens with one attached hydrogen (secondary N) is 2. The van der Waals surface area contributed by atoms with E-state index in [1.165, 1.54) is 11.3 Å². The van der Waals surface area contributed by atoms with Gasteiger partial charge in [-0.1, -0.05) is 30.4 Å². The third kappa shape index (κ3) is 3.94. The van der Waals surface area contributed by atoms with Crippen molar-refractivity contribution in [1.82, 2.24) is 10.2 Å². The molecule has 2 N–H and O–H groups in total. The fraction of sp³-hybridized carbons (Fsp3) is 0.438. The van der Waals surface area contributed by atoms with Gasteiger partial charge in [-0.3, -0.25) is 5.32 Å². The number of aromatic nitrogens is 2. The predicted molar refractivity (Wildman–Crippen MR) is 96.2 cm³/mol. The van der Waals surface area contributed by atoms with E-state index in [0.29, 0.717) is 16.6 Å². The SMILES string of the molecule is COc1ccccc1NC(=O)Nc1nnc(N2CCC(C)CC2)s1. The standard InChI is InChI=1S/C16H21N5O2S/c1-11-7-9-21(10-8-11)16-20-19-15(24-16)18-14(22)17-12-5-3-4-6-13(12)23-2/h3-6,11H,7-10H2,1-2H3,(H2,17,18,19,22). The van der Waals surface area contributed by atoms with E-state index in [9.17, 15) is 4.79 Å². The van der Waals surface area contributed by atoms with Crippen molar-refractivity contribution < 1.29 is 9.53 Å². The first-order chi connectivity index (χ1) is 11.7. The lowest BCUT2D eigenvalue weighted by atomic mass is 10.00. The quantitative estimate of drug-likeness (QED) is 0.886. The maximum atomic E-state index is 12.1. The van der Waals surface area contributed by atoms with Crippen molar-refractivity contribution in [2.75, 3.05) is 35.7 Å². The summed E-state index contributed by atoms with van der Waals surface area (Å²) >= 11 is 1.39. The molecule has 1 aromatic heterocycles. The zero-order chi connectivity index (χ0) is 16.9. The number of urea groups is 1. The first-order valence-electron chi connectivity index (χ1n) is 7.95. The summed E-state index contributed by atoms with van der Waals surface area (Å²) in [5, 5.41) is 15.1. The summed E-state index contributed by atoms with van der Waals surface area (Å²) in [4.78, 5) is 14.3. The molecule has 0 saturated carbocycles. The highest BCUT2D eigenvalue weighted by Crippen LogP contribution is 2.28. The van der Waals surface area contributed by atoms with E-state index in [1.807, 2.05) is 12.1 Å². The zero-order valence-corrected chi connectivity index (χ0v) is 14.6. The van der Waals surface area contributed by atoms with E-state index >= 15 is 0 Å². The Morgan fingerprint density at radius 1 is 1.25 bits per heavy atom. The molecule has 0 bridgehead atoms. The Balaban J connectivity index is 1.59. The largest absolute Gasteiger partial charge is 0.495 e. The van der Waals surface area contributed by atoms with Crippen molar-refractivity contribution in [2.24, 2.45) is 5.92 Å². The molecule has 2 amide bonds. The molecule has 1 aromatic carbocycles. The minimum absolute atomic E-state index is 0.366. The maximum Gasteiger partial charge on any atom is 0.325 e. The summed E-state index contributed by atoms with van der Waals surface area (Å²) in [6, 6.07) is 6.88. The molecule has 0 atom stereocenters. The van der Waals surface area contributed by atoms with Gasteiger partial charge in [0.05, 0.1) is 12.8 Å². The Morgan fingerprint density at radius 3 is 2.75 bits per heavy atom.